The average Bonchev–Trinajstić information content (AvgIpc) is 3.64. The Labute approximate surface area is 295 Å². The first-order chi connectivity index (χ1) is 21.2. The molecule has 6 rings (SSSR count). The Balaban J connectivity index is 0.000000632. The van der Waals surface area contributed by atoms with Crippen molar-refractivity contribution in [3.63, 3.8) is 0 Å². The second-order valence-corrected chi connectivity index (χ2v) is 28.4. The molecule has 0 saturated carbocycles. The van der Waals surface area contributed by atoms with Crippen LogP contribution in [0.3, 0.4) is 0 Å². The Morgan fingerprint density at radius 3 is 1.27 bits per heavy atom. The van der Waals surface area contributed by atoms with E-state index in [0.29, 0.717) is 7.25 Å². The third-order valence-corrected chi connectivity index (χ3v) is 28.1. The van der Waals surface area contributed by atoms with Crippen molar-refractivity contribution in [1.29, 1.82) is 0 Å². The van der Waals surface area contributed by atoms with Crippen LogP contribution >= 0.6 is 0 Å². The SMILES string of the molecule is CCC1=Cc2c(-c3ccccc3)cccc2[CH]1[Zr+2]([SiH2]C)[CH]1C(CC)=Cc2c(-c3ccccc3)cccc21.CCCCCC.[Cl-].[Cl-]. The molecular weight excluding hydrogens is 683 g/mol. The van der Waals surface area contributed by atoms with E-state index >= 15 is 0 Å². The molecule has 0 amide bonds. The van der Waals surface area contributed by atoms with Gasteiger partial charge in [0.2, 0.25) is 0 Å². The standard InChI is InChI=1S/2C17H15.C6H14.CH5Si.2ClH.Zr/c2*1-2-13-11-15-9-6-10-16(17(15)12-13)14-7-4-3-5-8-14;1-3-5-6-4-2;1-2;;;/h2*3-12H,2H2,1H3;3-6H2,1-2H3;2H2,1H3;2*1H;/q;;;;;;+2/p-2. The molecule has 2 unspecified atom stereocenters. The van der Waals surface area contributed by atoms with Gasteiger partial charge in [-0.15, -0.1) is 0 Å². The second kappa shape index (κ2) is 18.4. The molecule has 0 heterocycles. The molecule has 4 aromatic rings. The second-order valence-electron chi connectivity index (χ2n) is 12.0. The van der Waals surface area contributed by atoms with Crippen LogP contribution in [0.25, 0.3) is 34.4 Å². The molecule has 0 radical (unpaired) electrons. The third-order valence-electron chi connectivity index (χ3n) is 9.40. The molecule has 0 aliphatic heterocycles. The average molecular weight is 732 g/mol. The fourth-order valence-corrected chi connectivity index (χ4v) is 27.5. The molecular formula is C41H49Cl2SiZr. The summed E-state index contributed by atoms with van der Waals surface area (Å²) in [6, 6.07) is 36.3. The van der Waals surface area contributed by atoms with Gasteiger partial charge in [0.05, 0.1) is 0 Å². The Hall–Kier alpha value is -1.96. The van der Waals surface area contributed by atoms with Gasteiger partial charge < -0.3 is 24.8 Å². The molecule has 45 heavy (non-hydrogen) atoms. The van der Waals surface area contributed by atoms with Crippen molar-refractivity contribution in [1.82, 2.24) is 0 Å². The largest absolute Gasteiger partial charge is 1.00 e. The molecule has 0 N–H and O–H groups in total. The summed E-state index contributed by atoms with van der Waals surface area (Å²) in [6.07, 6.45) is 13.1. The molecule has 2 aliphatic rings. The minimum absolute atomic E-state index is 0. The van der Waals surface area contributed by atoms with Gasteiger partial charge in [-0.05, 0) is 0 Å². The molecule has 0 fully saturated rings. The van der Waals surface area contributed by atoms with Gasteiger partial charge in [-0.25, -0.2) is 0 Å². The first kappa shape index (κ1) is 37.5. The zero-order valence-electron chi connectivity index (χ0n) is 27.8. The Bertz CT molecular complexity index is 1440. The molecule has 2 aliphatic carbocycles. The van der Waals surface area contributed by atoms with Crippen LogP contribution in [0.5, 0.6) is 0 Å². The quantitative estimate of drug-likeness (QED) is 0.144. The van der Waals surface area contributed by atoms with Gasteiger partial charge in [-0.2, -0.15) is 0 Å². The zero-order valence-corrected chi connectivity index (χ0v) is 33.1. The number of hydrogen-bond donors (Lipinski definition) is 0. The number of halogens is 2. The summed E-state index contributed by atoms with van der Waals surface area (Å²) in [7, 11) is 0. The molecule has 0 spiro atoms. The normalized spacial score (nSPS) is 16.0. The van der Waals surface area contributed by atoms with Crippen LogP contribution in [0.4, 0.5) is 0 Å². The molecule has 235 valence electrons. The summed E-state index contributed by atoms with van der Waals surface area (Å²) in [5, 5.41) is 0. The van der Waals surface area contributed by atoms with Crippen molar-refractivity contribution < 1.29 is 45.7 Å². The van der Waals surface area contributed by atoms with Gasteiger partial charge in [-0.3, -0.25) is 0 Å². The van der Waals surface area contributed by atoms with Crippen molar-refractivity contribution >= 4 is 18.8 Å². The Morgan fingerprint density at radius 1 is 0.533 bits per heavy atom. The van der Waals surface area contributed by atoms with Crippen LogP contribution in [0, 0.1) is 0 Å². The summed E-state index contributed by atoms with van der Waals surface area (Å²) >= 11 is -1.94. The van der Waals surface area contributed by atoms with Crippen LogP contribution < -0.4 is 24.8 Å². The van der Waals surface area contributed by atoms with Crippen LogP contribution in [0.1, 0.15) is 95.7 Å². The fourth-order valence-electron chi connectivity index (χ4n) is 7.23. The molecule has 0 nitrogen and oxygen atoms in total. The Morgan fingerprint density at radius 2 is 0.933 bits per heavy atom. The van der Waals surface area contributed by atoms with Crippen molar-refractivity contribution in [2.45, 2.75) is 80.0 Å². The van der Waals surface area contributed by atoms with E-state index in [0.717, 1.165) is 0 Å². The molecule has 0 aromatic heterocycles. The van der Waals surface area contributed by atoms with E-state index in [1.54, 1.807) is 22.3 Å². The molecule has 0 saturated heterocycles. The fraction of sp³-hybridized carbons (Fsp3) is 0.317. The maximum absolute atomic E-state index is 2.63. The van der Waals surface area contributed by atoms with Gasteiger partial charge in [0, 0.05) is 0 Å². The molecule has 4 heteroatoms. The van der Waals surface area contributed by atoms with Crippen LogP contribution in [-0.4, -0.2) is 6.65 Å². The van der Waals surface area contributed by atoms with Gasteiger partial charge in [0.15, 0.2) is 0 Å². The van der Waals surface area contributed by atoms with E-state index in [9.17, 15) is 0 Å². The first-order valence-electron chi connectivity index (χ1n) is 16.8. The number of hydrogen-bond acceptors (Lipinski definition) is 0. The van der Waals surface area contributed by atoms with Crippen LogP contribution in [-0.2, 0) is 20.9 Å². The monoisotopic (exact) mass is 729 g/mol. The molecule has 0 bridgehead atoms. The number of allylic oxidation sites excluding steroid dienone is 2. The van der Waals surface area contributed by atoms with Crippen LogP contribution in [0.15, 0.2) is 108 Å². The minimum Gasteiger partial charge on any atom is -1.00 e. The number of fused-ring (bicyclic) bond motifs is 2. The zero-order chi connectivity index (χ0) is 30.2. The van der Waals surface area contributed by atoms with Gasteiger partial charge in [0.25, 0.3) is 0 Å². The van der Waals surface area contributed by atoms with Gasteiger partial charge >= 0.3 is 233 Å². The summed E-state index contributed by atoms with van der Waals surface area (Å²) in [5.41, 5.74) is 15.2. The summed E-state index contributed by atoms with van der Waals surface area (Å²) < 4.78 is 1.43. The van der Waals surface area contributed by atoms with E-state index in [1.807, 2.05) is 0 Å². The Kier molecular flexibility index (Phi) is 15.3. The van der Waals surface area contributed by atoms with E-state index in [-0.39, 0.29) is 31.5 Å². The molecule has 4 aromatic carbocycles. The van der Waals surface area contributed by atoms with E-state index in [2.05, 4.69) is 143 Å². The van der Waals surface area contributed by atoms with E-state index in [1.165, 1.54) is 71.9 Å². The number of unbranched alkanes of at least 4 members (excludes halogenated alkanes) is 3. The first-order valence-corrected chi connectivity index (χ1v) is 27.0. The topological polar surface area (TPSA) is 0 Å². The number of rotatable bonds is 10. The summed E-state index contributed by atoms with van der Waals surface area (Å²) in [6.45, 7) is 11.7. The van der Waals surface area contributed by atoms with E-state index in [4.69, 9.17) is 0 Å². The van der Waals surface area contributed by atoms with Gasteiger partial charge in [0.1, 0.15) is 0 Å². The smallest absolute Gasteiger partial charge is 0.0536 e. The van der Waals surface area contributed by atoms with Crippen molar-refractivity contribution in [2.24, 2.45) is 0 Å². The van der Waals surface area contributed by atoms with Crippen LogP contribution in [0.2, 0.25) is 6.55 Å². The predicted octanol–water partition coefficient (Wildman–Crippen LogP) is 5.76. The third kappa shape index (κ3) is 8.13. The predicted molar refractivity (Wildman–Crippen MR) is 190 cm³/mol. The maximum Gasteiger partial charge on any atom is -0.0536 e. The summed E-state index contributed by atoms with van der Waals surface area (Å²) in [5.74, 6) is 0. The van der Waals surface area contributed by atoms with Crippen molar-refractivity contribution in [3.05, 3.63) is 130 Å². The van der Waals surface area contributed by atoms with E-state index < -0.39 is 20.9 Å². The number of benzene rings is 4. The van der Waals surface area contributed by atoms with Gasteiger partial charge in [-0.1, -0.05) is 39.5 Å². The minimum atomic E-state index is -1.94. The van der Waals surface area contributed by atoms with Crippen molar-refractivity contribution in [3.8, 4) is 22.3 Å². The summed E-state index contributed by atoms with van der Waals surface area (Å²) in [4.78, 5) is 0. The maximum atomic E-state index is 2.63. The molecule has 2 atom stereocenters. The van der Waals surface area contributed by atoms with Crippen molar-refractivity contribution in [2.75, 3.05) is 0 Å².